The topological polar surface area (TPSA) is 0 Å². The van der Waals surface area contributed by atoms with E-state index in [2.05, 4.69) is 47.2 Å². The highest BCUT2D eigenvalue weighted by Gasteiger charge is 2.07. The lowest BCUT2D eigenvalue weighted by molar-refractivity contribution is 0.377. The maximum absolute atomic E-state index is 4.32. The molecule has 0 heterocycles. The van der Waals surface area contributed by atoms with Crippen molar-refractivity contribution in [2.24, 2.45) is 23.7 Å². The molecule has 0 amide bonds. The van der Waals surface area contributed by atoms with Crippen molar-refractivity contribution in [2.45, 2.75) is 98.8 Å². The summed E-state index contributed by atoms with van der Waals surface area (Å²) in [4.78, 5) is 0. The second-order valence-electron chi connectivity index (χ2n) is 8.01. The minimum atomic E-state index is 0.871. The maximum atomic E-state index is 4.32. The molecule has 0 rings (SSSR count). The van der Waals surface area contributed by atoms with Gasteiger partial charge >= 0.3 is 0 Å². The summed E-state index contributed by atoms with van der Waals surface area (Å²) in [5, 5.41) is 0. The van der Waals surface area contributed by atoms with Gasteiger partial charge in [0.2, 0.25) is 0 Å². The van der Waals surface area contributed by atoms with E-state index in [1.54, 1.807) is 0 Å². The van der Waals surface area contributed by atoms with Crippen LogP contribution < -0.4 is 0 Å². The Morgan fingerprint density at radius 1 is 0.524 bits per heavy atom. The van der Waals surface area contributed by atoms with Crippen LogP contribution in [0.5, 0.6) is 0 Å². The van der Waals surface area contributed by atoms with E-state index in [4.69, 9.17) is 0 Å². The average Bonchev–Trinajstić information content (AvgIpc) is 2.38. The maximum Gasteiger partial charge on any atom is -0.00954 e. The van der Waals surface area contributed by atoms with Gasteiger partial charge in [-0.1, -0.05) is 92.4 Å². The Morgan fingerprint density at radius 3 is 1.19 bits per heavy atom. The molecule has 3 atom stereocenters. The fourth-order valence-electron chi connectivity index (χ4n) is 3.16. The summed E-state index contributed by atoms with van der Waals surface area (Å²) >= 11 is 4.32. The predicted molar refractivity (Wildman–Crippen MR) is 102 cm³/mol. The van der Waals surface area contributed by atoms with Crippen LogP contribution in [-0.4, -0.2) is 5.75 Å². The third kappa shape index (κ3) is 15.0. The van der Waals surface area contributed by atoms with Crippen molar-refractivity contribution in [1.29, 1.82) is 0 Å². The van der Waals surface area contributed by atoms with E-state index in [0.29, 0.717) is 0 Å². The molecule has 0 radical (unpaired) electrons. The molecule has 3 unspecified atom stereocenters. The molecule has 0 saturated carbocycles. The Kier molecular flexibility index (Phi) is 14.2. The van der Waals surface area contributed by atoms with Crippen molar-refractivity contribution in [2.75, 3.05) is 5.75 Å². The zero-order valence-corrected chi connectivity index (χ0v) is 16.4. The minimum absolute atomic E-state index is 0.871. The molecular formula is C20H42S. The van der Waals surface area contributed by atoms with Gasteiger partial charge in [0.25, 0.3) is 0 Å². The summed E-state index contributed by atoms with van der Waals surface area (Å²) in [7, 11) is 0. The molecule has 128 valence electrons. The van der Waals surface area contributed by atoms with Crippen molar-refractivity contribution in [3.05, 3.63) is 0 Å². The van der Waals surface area contributed by atoms with Gasteiger partial charge in [-0.05, 0) is 35.8 Å². The van der Waals surface area contributed by atoms with Gasteiger partial charge in [-0.2, -0.15) is 12.6 Å². The first-order valence-electron chi connectivity index (χ1n) is 9.56. The molecule has 21 heavy (non-hydrogen) atoms. The van der Waals surface area contributed by atoms with Crippen LogP contribution >= 0.6 is 12.6 Å². The van der Waals surface area contributed by atoms with Crippen LogP contribution in [0.2, 0.25) is 0 Å². The van der Waals surface area contributed by atoms with Crippen molar-refractivity contribution < 1.29 is 0 Å². The van der Waals surface area contributed by atoms with E-state index in [1.807, 2.05) is 0 Å². The standard InChI is InChI=1S/C20H42S/c1-17(2)9-6-10-18(3)11-7-12-19(4)13-8-14-20(5)15-16-21/h17-21H,6-16H2,1-5H3. The third-order valence-electron chi connectivity index (χ3n) is 4.89. The fourth-order valence-corrected chi connectivity index (χ4v) is 3.60. The van der Waals surface area contributed by atoms with E-state index >= 15 is 0 Å². The van der Waals surface area contributed by atoms with Crippen LogP contribution in [0.3, 0.4) is 0 Å². The van der Waals surface area contributed by atoms with Gasteiger partial charge in [0, 0.05) is 0 Å². The zero-order valence-electron chi connectivity index (χ0n) is 15.5. The lowest BCUT2D eigenvalue weighted by Crippen LogP contribution is -2.01. The average molecular weight is 315 g/mol. The van der Waals surface area contributed by atoms with Crippen LogP contribution in [0.4, 0.5) is 0 Å². The molecule has 0 N–H and O–H groups in total. The van der Waals surface area contributed by atoms with Gasteiger partial charge in [-0.25, -0.2) is 0 Å². The van der Waals surface area contributed by atoms with E-state index in [9.17, 15) is 0 Å². The highest BCUT2D eigenvalue weighted by Crippen LogP contribution is 2.22. The highest BCUT2D eigenvalue weighted by atomic mass is 32.1. The summed E-state index contributed by atoms with van der Waals surface area (Å²) in [6, 6.07) is 0. The smallest absolute Gasteiger partial charge is 0.00954 e. The van der Waals surface area contributed by atoms with E-state index in [1.165, 1.54) is 64.2 Å². The van der Waals surface area contributed by atoms with Gasteiger partial charge in [-0.3, -0.25) is 0 Å². The molecule has 1 heteroatoms. The monoisotopic (exact) mass is 314 g/mol. The summed E-state index contributed by atoms with van der Waals surface area (Å²) in [5.41, 5.74) is 0. The van der Waals surface area contributed by atoms with Crippen LogP contribution in [-0.2, 0) is 0 Å². The van der Waals surface area contributed by atoms with Crippen LogP contribution in [0.25, 0.3) is 0 Å². The molecular weight excluding hydrogens is 272 g/mol. The lowest BCUT2D eigenvalue weighted by Gasteiger charge is -2.16. The first-order chi connectivity index (χ1) is 9.95. The van der Waals surface area contributed by atoms with E-state index in [0.717, 1.165) is 29.4 Å². The number of thiol groups is 1. The van der Waals surface area contributed by atoms with Crippen molar-refractivity contribution >= 4 is 12.6 Å². The molecule has 0 nitrogen and oxygen atoms in total. The molecule has 0 aromatic rings. The molecule has 0 aliphatic heterocycles. The van der Waals surface area contributed by atoms with Crippen molar-refractivity contribution in [1.82, 2.24) is 0 Å². The molecule has 0 aromatic heterocycles. The molecule has 0 fully saturated rings. The van der Waals surface area contributed by atoms with E-state index < -0.39 is 0 Å². The third-order valence-corrected chi connectivity index (χ3v) is 5.15. The molecule has 0 spiro atoms. The normalized spacial score (nSPS) is 16.1. The van der Waals surface area contributed by atoms with Gasteiger partial charge in [0.05, 0.1) is 0 Å². The lowest BCUT2D eigenvalue weighted by atomic mass is 9.91. The predicted octanol–water partition coefficient (Wildman–Crippen LogP) is 7.38. The molecule has 0 aliphatic rings. The van der Waals surface area contributed by atoms with E-state index in [-0.39, 0.29) is 0 Å². The largest absolute Gasteiger partial charge is 0.179 e. The Labute approximate surface area is 141 Å². The molecule has 0 aromatic carbocycles. The second kappa shape index (κ2) is 14.0. The van der Waals surface area contributed by atoms with Crippen molar-refractivity contribution in [3.63, 3.8) is 0 Å². The Hall–Kier alpha value is 0.350. The fraction of sp³-hybridized carbons (Fsp3) is 1.00. The summed E-state index contributed by atoms with van der Waals surface area (Å²) < 4.78 is 0. The molecule has 0 aliphatic carbocycles. The first kappa shape index (κ1) is 21.4. The number of rotatable bonds is 14. The number of hydrogen-bond acceptors (Lipinski definition) is 1. The van der Waals surface area contributed by atoms with Gasteiger partial charge in [0.1, 0.15) is 0 Å². The Morgan fingerprint density at radius 2 is 0.857 bits per heavy atom. The Balaban J connectivity index is 3.45. The molecule has 0 bridgehead atoms. The minimum Gasteiger partial charge on any atom is -0.179 e. The quantitative estimate of drug-likeness (QED) is 0.318. The highest BCUT2D eigenvalue weighted by molar-refractivity contribution is 7.80. The van der Waals surface area contributed by atoms with Gasteiger partial charge < -0.3 is 0 Å². The van der Waals surface area contributed by atoms with Crippen molar-refractivity contribution in [3.8, 4) is 0 Å². The van der Waals surface area contributed by atoms with Gasteiger partial charge in [-0.15, -0.1) is 0 Å². The van der Waals surface area contributed by atoms with Crippen LogP contribution in [0.1, 0.15) is 98.8 Å². The summed E-state index contributed by atoms with van der Waals surface area (Å²) in [5.74, 6) is 4.66. The van der Waals surface area contributed by atoms with Crippen LogP contribution in [0, 0.1) is 23.7 Å². The molecule has 0 saturated heterocycles. The SMILES string of the molecule is CC(C)CCCC(C)CCCC(C)CCCC(C)CCS. The zero-order chi connectivity index (χ0) is 16.1. The number of hydrogen-bond donors (Lipinski definition) is 1. The van der Waals surface area contributed by atoms with Gasteiger partial charge in [0.15, 0.2) is 0 Å². The first-order valence-corrected chi connectivity index (χ1v) is 10.2. The summed E-state index contributed by atoms with van der Waals surface area (Å²) in [6.07, 6.45) is 14.1. The second-order valence-corrected chi connectivity index (χ2v) is 8.46. The van der Waals surface area contributed by atoms with Crippen LogP contribution in [0.15, 0.2) is 0 Å². The summed E-state index contributed by atoms with van der Waals surface area (Å²) in [6.45, 7) is 11.9. The Bertz CT molecular complexity index is 212.